The van der Waals surface area contributed by atoms with Crippen molar-refractivity contribution in [1.29, 1.82) is 0 Å². The molecule has 5 heteroatoms. The third kappa shape index (κ3) is 24.8. The van der Waals surface area contributed by atoms with Crippen LogP contribution in [0.3, 0.4) is 0 Å². The molecule has 0 rings (SSSR count). The van der Waals surface area contributed by atoms with Gasteiger partial charge in [0.1, 0.15) is 0 Å². The highest BCUT2D eigenvalue weighted by Crippen LogP contribution is 2.08. The van der Waals surface area contributed by atoms with Crippen LogP contribution in [0.25, 0.3) is 0 Å². The topological polar surface area (TPSA) is 83.6 Å². The van der Waals surface area contributed by atoms with Crippen molar-refractivity contribution in [3.05, 3.63) is 0 Å². The Morgan fingerprint density at radius 1 is 1.06 bits per heavy atom. The lowest BCUT2D eigenvalue weighted by atomic mass is 10.3. The number of primary amides is 1. The second kappa shape index (κ2) is 22.0. The number of thioether (sulfide) groups is 1. The predicted molar refractivity (Wildman–Crippen MR) is 82.6 cm³/mol. The maximum Gasteiger partial charge on any atom is 0.278 e. The van der Waals surface area contributed by atoms with Crippen LogP contribution in [0.15, 0.2) is 0 Å². The van der Waals surface area contributed by atoms with Crippen molar-refractivity contribution in [2.45, 2.75) is 67.1 Å². The van der Waals surface area contributed by atoms with E-state index >= 15 is 0 Å². The van der Waals surface area contributed by atoms with E-state index in [-0.39, 0.29) is 5.75 Å². The largest absolute Gasteiger partial charge is 0.365 e. The van der Waals surface area contributed by atoms with Crippen LogP contribution in [0.4, 0.5) is 0 Å². The van der Waals surface area contributed by atoms with Crippen LogP contribution >= 0.6 is 11.8 Å². The molecule has 0 fully saturated rings. The van der Waals surface area contributed by atoms with E-state index in [4.69, 9.17) is 10.2 Å². The average Bonchev–Trinajstić information content (AvgIpc) is 2.41. The van der Waals surface area contributed by atoms with Crippen LogP contribution in [-0.4, -0.2) is 33.4 Å². The fraction of sp³-hybridized carbons (Fsp3) is 0.923. The average molecular weight is 283 g/mol. The molecule has 1 amide bonds. The van der Waals surface area contributed by atoms with Gasteiger partial charge in [0.15, 0.2) is 0 Å². The standard InChI is InChI=1S/C5H11NO3S.C4H10.2C2H6/c1-2-10-3-5(8,9)4(6)7;1-3-4-2;2*1-2/h8-9H,2-3H2,1H3,(H2,6,7);3-4H2,1-2H3;2*1-2H3. The van der Waals surface area contributed by atoms with Crippen molar-refractivity contribution in [2.24, 2.45) is 5.73 Å². The third-order valence-corrected chi connectivity index (χ3v) is 2.42. The molecule has 0 aromatic carbocycles. The number of carbonyl (C=O) groups is 1. The molecule has 0 bridgehead atoms. The molecule has 0 saturated heterocycles. The quantitative estimate of drug-likeness (QED) is 0.677. The molecular weight excluding hydrogens is 250 g/mol. The molecule has 0 spiro atoms. The van der Waals surface area contributed by atoms with Crippen molar-refractivity contribution >= 4 is 17.7 Å². The van der Waals surface area contributed by atoms with Gasteiger partial charge >= 0.3 is 0 Å². The first-order valence-electron chi connectivity index (χ1n) is 6.74. The van der Waals surface area contributed by atoms with Gasteiger partial charge in [-0.15, -0.1) is 0 Å². The third-order valence-electron chi connectivity index (χ3n) is 1.40. The molecule has 0 aliphatic carbocycles. The number of hydrogen-bond acceptors (Lipinski definition) is 4. The molecule has 0 atom stereocenters. The maximum absolute atomic E-state index is 10.2. The number of nitrogens with two attached hydrogens (primary N) is 1. The van der Waals surface area contributed by atoms with Crippen molar-refractivity contribution in [1.82, 2.24) is 0 Å². The Labute approximate surface area is 117 Å². The van der Waals surface area contributed by atoms with Crippen LogP contribution < -0.4 is 5.73 Å². The summed E-state index contributed by atoms with van der Waals surface area (Å²) in [6, 6.07) is 0. The molecule has 0 unspecified atom stereocenters. The number of rotatable bonds is 5. The number of carbonyl (C=O) groups excluding carboxylic acids is 1. The smallest absolute Gasteiger partial charge is 0.278 e. The van der Waals surface area contributed by atoms with E-state index in [1.165, 1.54) is 24.6 Å². The zero-order chi connectivity index (χ0) is 15.6. The first-order valence-corrected chi connectivity index (χ1v) is 7.90. The van der Waals surface area contributed by atoms with Gasteiger partial charge in [0.05, 0.1) is 5.75 Å². The van der Waals surface area contributed by atoms with Gasteiger partial charge in [0, 0.05) is 0 Å². The Morgan fingerprint density at radius 3 is 1.56 bits per heavy atom. The Kier molecular flexibility index (Phi) is 32.1. The summed E-state index contributed by atoms with van der Waals surface area (Å²) in [6.07, 6.45) is 2.64. The summed E-state index contributed by atoms with van der Waals surface area (Å²) < 4.78 is 0. The molecule has 0 saturated carbocycles. The van der Waals surface area contributed by atoms with E-state index in [0.717, 1.165) is 5.75 Å². The monoisotopic (exact) mass is 283 g/mol. The Morgan fingerprint density at radius 2 is 1.39 bits per heavy atom. The minimum absolute atomic E-state index is 0.0706. The van der Waals surface area contributed by atoms with E-state index < -0.39 is 11.7 Å². The molecule has 114 valence electrons. The summed E-state index contributed by atoms with van der Waals surface area (Å²) >= 11 is 1.24. The maximum atomic E-state index is 10.2. The molecule has 4 nitrogen and oxygen atoms in total. The van der Waals surface area contributed by atoms with Gasteiger partial charge in [-0.2, -0.15) is 11.8 Å². The van der Waals surface area contributed by atoms with Gasteiger partial charge in [0.2, 0.25) is 0 Å². The van der Waals surface area contributed by atoms with Crippen molar-refractivity contribution < 1.29 is 15.0 Å². The molecule has 4 N–H and O–H groups in total. The van der Waals surface area contributed by atoms with Crippen molar-refractivity contribution in [2.75, 3.05) is 11.5 Å². The fourth-order valence-corrected chi connectivity index (χ4v) is 0.947. The molecule has 0 heterocycles. The highest BCUT2D eigenvalue weighted by molar-refractivity contribution is 7.99. The molecular formula is C13H33NO3S. The van der Waals surface area contributed by atoms with E-state index in [1.807, 2.05) is 34.6 Å². The number of unbranched alkanes of at least 4 members (excludes halogenated alkanes) is 1. The van der Waals surface area contributed by atoms with E-state index in [1.54, 1.807) is 0 Å². The lowest BCUT2D eigenvalue weighted by molar-refractivity contribution is -0.172. The SMILES string of the molecule is CC.CC.CCCC.CCSCC(O)(O)C(N)=O. The molecule has 0 aliphatic rings. The zero-order valence-corrected chi connectivity index (χ0v) is 13.9. The number of amides is 1. The van der Waals surface area contributed by atoms with Gasteiger partial charge in [-0.05, 0) is 5.75 Å². The lowest BCUT2D eigenvalue weighted by Gasteiger charge is -2.15. The minimum atomic E-state index is -2.35. The highest BCUT2D eigenvalue weighted by Gasteiger charge is 2.29. The molecule has 0 aliphatic heterocycles. The summed E-state index contributed by atoms with van der Waals surface area (Å²) in [5.41, 5.74) is 4.66. The van der Waals surface area contributed by atoms with E-state index in [0.29, 0.717) is 0 Å². The van der Waals surface area contributed by atoms with Gasteiger partial charge < -0.3 is 15.9 Å². The highest BCUT2D eigenvalue weighted by atomic mass is 32.2. The summed E-state index contributed by atoms with van der Waals surface area (Å²) in [4.78, 5) is 10.2. The first-order chi connectivity index (χ1) is 8.42. The Hall–Kier alpha value is -0.260. The molecule has 0 aromatic rings. The number of aliphatic hydroxyl groups is 2. The molecule has 18 heavy (non-hydrogen) atoms. The van der Waals surface area contributed by atoms with E-state index in [2.05, 4.69) is 19.6 Å². The fourth-order valence-electron chi connectivity index (χ4n) is 0.316. The summed E-state index contributed by atoms with van der Waals surface area (Å²) in [5, 5.41) is 17.6. The normalized spacial score (nSPS) is 8.72. The summed E-state index contributed by atoms with van der Waals surface area (Å²) in [5.74, 6) is -2.80. The van der Waals surface area contributed by atoms with E-state index in [9.17, 15) is 4.79 Å². The van der Waals surface area contributed by atoms with Crippen LogP contribution in [0, 0.1) is 0 Å². The predicted octanol–water partition coefficient (Wildman–Crippen LogP) is 2.76. The van der Waals surface area contributed by atoms with Crippen LogP contribution in [-0.2, 0) is 4.79 Å². The lowest BCUT2D eigenvalue weighted by Crippen LogP contribution is -2.45. The van der Waals surface area contributed by atoms with Gasteiger partial charge in [-0.25, -0.2) is 0 Å². The van der Waals surface area contributed by atoms with Crippen LogP contribution in [0.1, 0.15) is 61.3 Å². The molecule has 0 aromatic heterocycles. The Balaban J connectivity index is -0.000000102. The van der Waals surface area contributed by atoms with Gasteiger partial charge in [0.25, 0.3) is 11.7 Å². The van der Waals surface area contributed by atoms with Crippen LogP contribution in [0.5, 0.6) is 0 Å². The van der Waals surface area contributed by atoms with Crippen molar-refractivity contribution in [3.8, 4) is 0 Å². The second-order valence-corrected chi connectivity index (χ2v) is 4.09. The summed E-state index contributed by atoms with van der Waals surface area (Å²) in [7, 11) is 0. The number of hydrogen-bond donors (Lipinski definition) is 3. The zero-order valence-electron chi connectivity index (χ0n) is 13.1. The Bertz CT molecular complexity index is 151. The van der Waals surface area contributed by atoms with Gasteiger partial charge in [-0.1, -0.05) is 61.3 Å². The molecule has 0 radical (unpaired) electrons. The van der Waals surface area contributed by atoms with Crippen molar-refractivity contribution in [3.63, 3.8) is 0 Å². The second-order valence-electron chi connectivity index (χ2n) is 2.82. The van der Waals surface area contributed by atoms with Crippen LogP contribution in [0.2, 0.25) is 0 Å². The first kappa shape index (κ1) is 26.3. The minimum Gasteiger partial charge on any atom is -0.365 e. The van der Waals surface area contributed by atoms with Gasteiger partial charge in [-0.3, -0.25) is 4.79 Å². The summed E-state index contributed by atoms with van der Waals surface area (Å²) in [6.45, 7) is 14.2.